The van der Waals surface area contributed by atoms with Crippen molar-refractivity contribution in [2.45, 2.75) is 56.6 Å². The van der Waals surface area contributed by atoms with Gasteiger partial charge in [-0.05, 0) is 36.2 Å². The molecule has 2 fully saturated rings. The molecule has 4 unspecified atom stereocenters. The summed E-state index contributed by atoms with van der Waals surface area (Å²) in [6.07, 6.45) is 13.1. The minimum atomic E-state index is 0.121. The van der Waals surface area contributed by atoms with E-state index in [4.69, 9.17) is 12.6 Å². The minimum absolute atomic E-state index is 0.121. The summed E-state index contributed by atoms with van der Waals surface area (Å²) in [5.41, 5.74) is 2.69. The maximum atomic E-state index is 6.41. The molecular formula is C21H27B2NO. The highest BCUT2D eigenvalue weighted by atomic mass is 16.7. The second-order valence-corrected chi connectivity index (χ2v) is 7.73. The van der Waals surface area contributed by atoms with E-state index < -0.39 is 0 Å². The SMILES string of the molecule is [B]C1C=C(C(CN2OB3CCCCC32)c2ccccc2)C=CC1CC. The fourth-order valence-corrected chi connectivity index (χ4v) is 4.57. The van der Waals surface area contributed by atoms with Crippen molar-refractivity contribution in [3.05, 3.63) is 59.7 Å². The number of hydrogen-bond donors (Lipinski definition) is 0. The van der Waals surface area contributed by atoms with Gasteiger partial charge in [-0.1, -0.05) is 74.1 Å². The van der Waals surface area contributed by atoms with Gasteiger partial charge in [0.15, 0.2) is 0 Å². The predicted octanol–water partition coefficient (Wildman–Crippen LogP) is 4.58. The normalized spacial score (nSPS) is 30.4. The van der Waals surface area contributed by atoms with E-state index in [-0.39, 0.29) is 5.82 Å². The molecule has 2 radical (unpaired) electrons. The summed E-state index contributed by atoms with van der Waals surface area (Å²) in [5.74, 6) is 1.52. The lowest BCUT2D eigenvalue weighted by Crippen LogP contribution is -2.63. The molecule has 1 aromatic rings. The van der Waals surface area contributed by atoms with E-state index in [2.05, 4.69) is 60.5 Å². The zero-order valence-electron chi connectivity index (χ0n) is 15.2. The third-order valence-electron chi connectivity index (χ3n) is 6.16. The number of rotatable bonds is 5. The Hall–Kier alpha value is -1.25. The van der Waals surface area contributed by atoms with Gasteiger partial charge in [-0.2, -0.15) is 0 Å². The van der Waals surface area contributed by atoms with E-state index in [0.29, 0.717) is 24.7 Å². The third kappa shape index (κ3) is 3.52. The molecule has 0 saturated carbocycles. The highest BCUT2D eigenvalue weighted by Crippen LogP contribution is 2.39. The predicted molar refractivity (Wildman–Crippen MR) is 106 cm³/mol. The monoisotopic (exact) mass is 331 g/mol. The molecule has 1 aromatic carbocycles. The van der Waals surface area contributed by atoms with Crippen LogP contribution >= 0.6 is 0 Å². The number of allylic oxidation sites excluding steroid dienone is 3. The van der Waals surface area contributed by atoms with Gasteiger partial charge in [-0.25, -0.2) is 5.06 Å². The van der Waals surface area contributed by atoms with Gasteiger partial charge in [0, 0.05) is 18.4 Å². The third-order valence-corrected chi connectivity index (χ3v) is 6.16. The molecule has 0 amide bonds. The van der Waals surface area contributed by atoms with Crippen LogP contribution in [0.1, 0.15) is 44.1 Å². The van der Waals surface area contributed by atoms with Crippen LogP contribution in [-0.2, 0) is 4.76 Å². The Labute approximate surface area is 153 Å². The molecule has 0 aromatic heterocycles. The van der Waals surface area contributed by atoms with Crippen molar-refractivity contribution in [2.24, 2.45) is 5.92 Å². The Bertz CT molecular complexity index is 645. The Morgan fingerprint density at radius 2 is 2.12 bits per heavy atom. The number of fused-ring (bicyclic) bond motifs is 1. The van der Waals surface area contributed by atoms with Gasteiger partial charge in [-0.15, -0.1) is 0 Å². The number of hydroxylamine groups is 2. The molecule has 1 aliphatic carbocycles. The van der Waals surface area contributed by atoms with E-state index in [1.807, 2.05) is 0 Å². The summed E-state index contributed by atoms with van der Waals surface area (Å²) in [4.78, 5) is 0. The summed E-state index contributed by atoms with van der Waals surface area (Å²) in [6, 6.07) is 10.8. The van der Waals surface area contributed by atoms with E-state index >= 15 is 0 Å². The summed E-state index contributed by atoms with van der Waals surface area (Å²) in [6.45, 7) is 3.59. The van der Waals surface area contributed by atoms with Crippen molar-refractivity contribution in [3.63, 3.8) is 0 Å². The maximum absolute atomic E-state index is 6.41. The second-order valence-electron chi connectivity index (χ2n) is 7.73. The molecular weight excluding hydrogens is 304 g/mol. The molecule has 2 heterocycles. The maximum Gasteiger partial charge on any atom is 0.341 e. The first kappa shape index (κ1) is 17.2. The van der Waals surface area contributed by atoms with Gasteiger partial charge in [0.2, 0.25) is 0 Å². The van der Waals surface area contributed by atoms with Crippen LogP contribution in [-0.4, -0.2) is 32.3 Å². The first-order valence-electron chi connectivity index (χ1n) is 9.90. The first-order valence-corrected chi connectivity index (χ1v) is 9.90. The summed E-state index contributed by atoms with van der Waals surface area (Å²) in [7, 11) is 6.41. The van der Waals surface area contributed by atoms with Crippen LogP contribution in [0.3, 0.4) is 0 Å². The lowest BCUT2D eigenvalue weighted by Gasteiger charge is -2.49. The van der Waals surface area contributed by atoms with E-state index in [0.717, 1.165) is 13.0 Å². The zero-order chi connectivity index (χ0) is 17.2. The molecule has 25 heavy (non-hydrogen) atoms. The van der Waals surface area contributed by atoms with Gasteiger partial charge in [0.1, 0.15) is 0 Å². The van der Waals surface area contributed by atoms with Crippen LogP contribution in [0.25, 0.3) is 0 Å². The zero-order valence-corrected chi connectivity index (χ0v) is 15.2. The van der Waals surface area contributed by atoms with Crippen LogP contribution in [0.15, 0.2) is 54.1 Å². The van der Waals surface area contributed by atoms with Crippen molar-refractivity contribution < 1.29 is 4.76 Å². The van der Waals surface area contributed by atoms with E-state index in [9.17, 15) is 0 Å². The molecule has 0 spiro atoms. The lowest BCUT2D eigenvalue weighted by atomic mass is 9.49. The Morgan fingerprint density at radius 1 is 1.28 bits per heavy atom. The molecule has 2 saturated heterocycles. The Kier molecular flexibility index (Phi) is 5.19. The minimum Gasteiger partial charge on any atom is -0.359 e. The highest BCUT2D eigenvalue weighted by Gasteiger charge is 2.46. The second kappa shape index (κ2) is 7.55. The molecule has 128 valence electrons. The van der Waals surface area contributed by atoms with Crippen molar-refractivity contribution in [1.29, 1.82) is 0 Å². The topological polar surface area (TPSA) is 12.5 Å². The van der Waals surface area contributed by atoms with Crippen molar-refractivity contribution in [1.82, 2.24) is 5.06 Å². The van der Waals surface area contributed by atoms with Crippen molar-refractivity contribution >= 4 is 14.8 Å². The molecule has 4 heteroatoms. The van der Waals surface area contributed by atoms with Crippen molar-refractivity contribution in [2.75, 3.05) is 6.54 Å². The molecule has 0 bridgehead atoms. The van der Waals surface area contributed by atoms with Gasteiger partial charge in [-0.3, -0.25) is 0 Å². The fraction of sp³-hybridized carbons (Fsp3) is 0.524. The summed E-state index contributed by atoms with van der Waals surface area (Å²) < 4.78 is 6.11. The lowest BCUT2D eigenvalue weighted by molar-refractivity contribution is -0.150. The van der Waals surface area contributed by atoms with E-state index in [1.54, 1.807) is 0 Å². The standard InChI is InChI=1S/C21H27B2NO/c1-2-16-11-12-18(14-20(16)22)19(17-8-4-3-5-9-17)15-24-21-10-6-7-13-23(21)25-24/h3-5,8-9,11-12,14,16,19-21H,2,6-7,10,13,15H2,1H3. The average Bonchev–Trinajstić information content (AvgIpc) is 2.63. The Balaban J connectivity index is 1.55. The number of nitrogens with zero attached hydrogens (tertiary/aromatic N) is 1. The van der Waals surface area contributed by atoms with Crippen LogP contribution in [0.2, 0.25) is 12.1 Å². The van der Waals surface area contributed by atoms with Gasteiger partial charge < -0.3 is 4.76 Å². The van der Waals surface area contributed by atoms with Gasteiger partial charge in [0.05, 0.1) is 7.85 Å². The number of hydrogen-bond acceptors (Lipinski definition) is 2. The van der Waals surface area contributed by atoms with Crippen LogP contribution in [0.5, 0.6) is 0 Å². The molecule has 4 atom stereocenters. The van der Waals surface area contributed by atoms with Crippen LogP contribution < -0.4 is 0 Å². The molecule has 4 rings (SSSR count). The highest BCUT2D eigenvalue weighted by molar-refractivity contribution is 6.55. The average molecular weight is 331 g/mol. The van der Waals surface area contributed by atoms with Gasteiger partial charge in [0.25, 0.3) is 0 Å². The smallest absolute Gasteiger partial charge is 0.341 e. The molecule has 2 aliphatic heterocycles. The molecule has 0 N–H and O–H groups in total. The largest absolute Gasteiger partial charge is 0.359 e. The van der Waals surface area contributed by atoms with Crippen molar-refractivity contribution in [3.8, 4) is 0 Å². The fourth-order valence-electron chi connectivity index (χ4n) is 4.57. The van der Waals surface area contributed by atoms with E-state index in [1.165, 1.54) is 36.7 Å². The number of benzene rings is 1. The summed E-state index contributed by atoms with van der Waals surface area (Å²) in [5, 5.41) is 2.24. The first-order chi connectivity index (χ1) is 12.3. The Morgan fingerprint density at radius 3 is 2.84 bits per heavy atom. The molecule has 3 aliphatic rings. The van der Waals surface area contributed by atoms with Crippen LogP contribution in [0, 0.1) is 5.92 Å². The van der Waals surface area contributed by atoms with Crippen LogP contribution in [0.4, 0.5) is 0 Å². The van der Waals surface area contributed by atoms with Gasteiger partial charge >= 0.3 is 6.92 Å². The summed E-state index contributed by atoms with van der Waals surface area (Å²) >= 11 is 0. The molecule has 2 nitrogen and oxygen atoms in total. The quantitative estimate of drug-likeness (QED) is 0.733.